The number of aryl methyl sites for hydroxylation is 1. The molecule has 0 aliphatic heterocycles. The van der Waals surface area contributed by atoms with Gasteiger partial charge in [-0.3, -0.25) is 4.99 Å². The average molecular weight is 350 g/mol. The van der Waals surface area contributed by atoms with E-state index in [9.17, 15) is 0 Å². The molecular formula is C20H26N6. The number of aliphatic imine (C=N–C) groups is 1. The molecule has 6 nitrogen and oxygen atoms in total. The molecule has 26 heavy (non-hydrogen) atoms. The van der Waals surface area contributed by atoms with Crippen LogP contribution in [0.25, 0.3) is 0 Å². The van der Waals surface area contributed by atoms with Crippen LogP contribution in [0.15, 0.2) is 66.2 Å². The van der Waals surface area contributed by atoms with Crippen LogP contribution < -0.4 is 10.6 Å². The Morgan fingerprint density at radius 2 is 1.88 bits per heavy atom. The number of benzene rings is 1. The fourth-order valence-electron chi connectivity index (χ4n) is 2.83. The van der Waals surface area contributed by atoms with Gasteiger partial charge < -0.3 is 19.8 Å². The third-order valence-electron chi connectivity index (χ3n) is 4.28. The molecule has 0 aliphatic carbocycles. The van der Waals surface area contributed by atoms with E-state index in [0.717, 1.165) is 38.0 Å². The third kappa shape index (κ3) is 4.99. The molecule has 2 heterocycles. The molecule has 3 aromatic rings. The van der Waals surface area contributed by atoms with E-state index >= 15 is 0 Å². The van der Waals surface area contributed by atoms with E-state index in [1.807, 2.05) is 31.5 Å². The number of nitrogens with one attached hydrogen (secondary N) is 2. The van der Waals surface area contributed by atoms with Gasteiger partial charge in [0.05, 0.1) is 0 Å². The highest BCUT2D eigenvalue weighted by Crippen LogP contribution is 2.08. The normalized spacial score (nSPS) is 11.5. The highest BCUT2D eigenvalue weighted by molar-refractivity contribution is 5.79. The summed E-state index contributed by atoms with van der Waals surface area (Å²) in [7, 11) is 1.79. The topological polar surface area (TPSA) is 59.2 Å². The Labute approximate surface area is 154 Å². The second-order valence-corrected chi connectivity index (χ2v) is 6.20. The summed E-state index contributed by atoms with van der Waals surface area (Å²) in [5.74, 6) is 1.84. The lowest BCUT2D eigenvalue weighted by atomic mass is 10.1. The smallest absolute Gasteiger partial charge is 0.191 e. The molecule has 0 radical (unpaired) electrons. The van der Waals surface area contributed by atoms with Gasteiger partial charge in [0.1, 0.15) is 5.82 Å². The van der Waals surface area contributed by atoms with Gasteiger partial charge in [-0.1, -0.05) is 24.3 Å². The molecule has 0 amide bonds. The molecular weight excluding hydrogens is 324 g/mol. The molecule has 0 spiro atoms. The van der Waals surface area contributed by atoms with Crippen LogP contribution in [0.4, 0.5) is 0 Å². The van der Waals surface area contributed by atoms with Crippen LogP contribution in [0.3, 0.4) is 0 Å². The van der Waals surface area contributed by atoms with Gasteiger partial charge in [-0.15, -0.1) is 0 Å². The van der Waals surface area contributed by atoms with E-state index in [2.05, 4.69) is 66.4 Å². The number of rotatable bonds is 7. The summed E-state index contributed by atoms with van der Waals surface area (Å²) in [6, 6.07) is 12.7. The first-order chi connectivity index (χ1) is 12.7. The van der Waals surface area contributed by atoms with Gasteiger partial charge >= 0.3 is 0 Å². The monoisotopic (exact) mass is 350 g/mol. The number of nitrogens with zero attached hydrogens (tertiary/aromatic N) is 4. The fourth-order valence-corrected chi connectivity index (χ4v) is 2.83. The molecule has 0 bridgehead atoms. The maximum atomic E-state index is 4.29. The molecule has 2 N–H and O–H groups in total. The predicted octanol–water partition coefficient (Wildman–Crippen LogP) is 2.41. The molecule has 2 aromatic heterocycles. The molecule has 0 saturated carbocycles. The Morgan fingerprint density at radius 1 is 1.08 bits per heavy atom. The Kier molecular flexibility index (Phi) is 6.09. The Hall–Kier alpha value is -3.02. The number of guanidine groups is 1. The summed E-state index contributed by atoms with van der Waals surface area (Å²) in [4.78, 5) is 8.57. The van der Waals surface area contributed by atoms with Crippen molar-refractivity contribution in [1.29, 1.82) is 0 Å². The zero-order chi connectivity index (χ0) is 18.2. The summed E-state index contributed by atoms with van der Waals surface area (Å²) in [5, 5.41) is 6.72. The van der Waals surface area contributed by atoms with Crippen LogP contribution in [-0.2, 0) is 19.6 Å². The lowest BCUT2D eigenvalue weighted by molar-refractivity contribution is 0.665. The summed E-state index contributed by atoms with van der Waals surface area (Å²) in [6.45, 7) is 5.33. The zero-order valence-electron chi connectivity index (χ0n) is 15.4. The molecule has 0 saturated heterocycles. The first-order valence-electron chi connectivity index (χ1n) is 8.85. The van der Waals surface area contributed by atoms with E-state index in [-0.39, 0.29) is 0 Å². The van der Waals surface area contributed by atoms with Gasteiger partial charge in [-0.2, -0.15) is 0 Å². The largest absolute Gasteiger partial charge is 0.355 e. The lowest BCUT2D eigenvalue weighted by Crippen LogP contribution is -2.38. The zero-order valence-corrected chi connectivity index (χ0v) is 15.4. The second-order valence-electron chi connectivity index (χ2n) is 6.20. The lowest BCUT2D eigenvalue weighted by Gasteiger charge is -2.13. The Bertz CT molecular complexity index is 832. The quantitative estimate of drug-likeness (QED) is 0.508. The average Bonchev–Trinajstić information content (AvgIpc) is 3.31. The van der Waals surface area contributed by atoms with Crippen molar-refractivity contribution in [2.24, 2.45) is 4.99 Å². The molecule has 0 aliphatic rings. The first-order valence-corrected chi connectivity index (χ1v) is 8.85. The van der Waals surface area contributed by atoms with Gasteiger partial charge in [0.2, 0.25) is 0 Å². The van der Waals surface area contributed by atoms with Gasteiger partial charge in [-0.25, -0.2) is 4.98 Å². The van der Waals surface area contributed by atoms with Crippen molar-refractivity contribution in [3.63, 3.8) is 0 Å². The second kappa shape index (κ2) is 8.89. The maximum Gasteiger partial charge on any atom is 0.191 e. The molecule has 3 rings (SSSR count). The van der Waals surface area contributed by atoms with E-state index in [4.69, 9.17) is 0 Å². The molecule has 1 aromatic carbocycles. The molecule has 136 valence electrons. The fraction of sp³-hybridized carbons (Fsp3) is 0.300. The minimum Gasteiger partial charge on any atom is -0.355 e. The summed E-state index contributed by atoms with van der Waals surface area (Å²) < 4.78 is 4.29. The minimum absolute atomic E-state index is 0.736. The van der Waals surface area contributed by atoms with E-state index in [1.165, 1.54) is 11.1 Å². The van der Waals surface area contributed by atoms with Crippen molar-refractivity contribution in [2.45, 2.75) is 26.6 Å². The van der Waals surface area contributed by atoms with Crippen molar-refractivity contribution < 1.29 is 0 Å². The SMILES string of the molecule is CN=C(NCCn1cccc1)NCc1cccc(Cn2ccnc2C)c1. The van der Waals surface area contributed by atoms with Gasteiger partial charge in [0.15, 0.2) is 5.96 Å². The molecule has 0 atom stereocenters. The van der Waals surface area contributed by atoms with Crippen LogP contribution in [0, 0.1) is 6.92 Å². The van der Waals surface area contributed by atoms with Crippen LogP contribution in [-0.4, -0.2) is 33.7 Å². The third-order valence-corrected chi connectivity index (χ3v) is 4.28. The molecule has 0 fully saturated rings. The number of hydrogen-bond donors (Lipinski definition) is 2. The number of aromatic nitrogens is 3. The molecule has 0 unspecified atom stereocenters. The van der Waals surface area contributed by atoms with Gasteiger partial charge in [-0.05, 0) is 30.2 Å². The summed E-state index contributed by atoms with van der Waals surface area (Å²) in [6.07, 6.45) is 7.97. The summed E-state index contributed by atoms with van der Waals surface area (Å²) >= 11 is 0. The van der Waals surface area contributed by atoms with Gasteiger partial charge in [0.25, 0.3) is 0 Å². The van der Waals surface area contributed by atoms with Crippen molar-refractivity contribution >= 4 is 5.96 Å². The number of imidazole rings is 1. The van der Waals surface area contributed by atoms with Gasteiger partial charge in [0, 0.05) is 58.0 Å². The van der Waals surface area contributed by atoms with Crippen LogP contribution in [0.2, 0.25) is 0 Å². The predicted molar refractivity (Wildman–Crippen MR) is 105 cm³/mol. The molecule has 6 heteroatoms. The van der Waals surface area contributed by atoms with Crippen LogP contribution in [0.5, 0.6) is 0 Å². The number of hydrogen-bond acceptors (Lipinski definition) is 2. The van der Waals surface area contributed by atoms with E-state index in [0.29, 0.717) is 0 Å². The van der Waals surface area contributed by atoms with Crippen molar-refractivity contribution in [1.82, 2.24) is 24.8 Å². The van der Waals surface area contributed by atoms with Crippen molar-refractivity contribution in [2.75, 3.05) is 13.6 Å². The van der Waals surface area contributed by atoms with Crippen LogP contribution in [0.1, 0.15) is 17.0 Å². The highest BCUT2D eigenvalue weighted by atomic mass is 15.2. The van der Waals surface area contributed by atoms with E-state index in [1.54, 1.807) is 7.05 Å². The Morgan fingerprint density at radius 3 is 2.62 bits per heavy atom. The summed E-state index contributed by atoms with van der Waals surface area (Å²) in [5.41, 5.74) is 2.49. The minimum atomic E-state index is 0.736. The van der Waals surface area contributed by atoms with Crippen molar-refractivity contribution in [3.8, 4) is 0 Å². The Balaban J connectivity index is 1.50. The maximum absolute atomic E-state index is 4.29. The van der Waals surface area contributed by atoms with E-state index < -0.39 is 0 Å². The standard InChI is InChI=1S/C20H26N6/c1-17-22-9-13-26(17)16-19-7-5-6-18(14-19)15-24-20(21-2)23-8-12-25-10-3-4-11-25/h3-7,9-11,13-14H,8,12,15-16H2,1-2H3,(H2,21,23,24). The van der Waals surface area contributed by atoms with Crippen LogP contribution >= 0.6 is 0 Å². The van der Waals surface area contributed by atoms with Crippen molar-refractivity contribution in [3.05, 3.63) is 78.1 Å². The highest BCUT2D eigenvalue weighted by Gasteiger charge is 2.02. The first kappa shape index (κ1) is 17.8.